The fourth-order valence-corrected chi connectivity index (χ4v) is 3.42. The van der Waals surface area contributed by atoms with Crippen LogP contribution in [-0.4, -0.2) is 41.1 Å². The molecule has 8 heteroatoms. The van der Waals surface area contributed by atoms with E-state index in [0.29, 0.717) is 9.21 Å². The number of esters is 1. The van der Waals surface area contributed by atoms with Gasteiger partial charge in [0.15, 0.2) is 6.61 Å². The number of ether oxygens (including phenoxy) is 1. The summed E-state index contributed by atoms with van der Waals surface area (Å²) in [6.45, 7) is 0.902. The predicted octanol–water partition coefficient (Wildman–Crippen LogP) is 2.81. The van der Waals surface area contributed by atoms with Crippen molar-refractivity contribution in [3.63, 3.8) is 0 Å². The fourth-order valence-electron chi connectivity index (χ4n) is 2.46. The first-order valence-electron chi connectivity index (χ1n) is 7.32. The van der Waals surface area contributed by atoms with Gasteiger partial charge in [-0.25, -0.2) is 4.79 Å². The van der Waals surface area contributed by atoms with E-state index in [1.807, 2.05) is 0 Å². The zero-order chi connectivity index (χ0) is 18.1. The van der Waals surface area contributed by atoms with Crippen LogP contribution in [0.15, 0.2) is 36.4 Å². The lowest BCUT2D eigenvalue weighted by Crippen LogP contribution is -2.44. The van der Waals surface area contributed by atoms with Crippen molar-refractivity contribution in [2.45, 2.75) is 13.0 Å². The molecular weight excluding hydrogens is 366 g/mol. The van der Waals surface area contributed by atoms with E-state index in [0.717, 1.165) is 16.2 Å². The number of ketones is 1. The van der Waals surface area contributed by atoms with E-state index in [-0.39, 0.29) is 11.1 Å². The van der Waals surface area contributed by atoms with Gasteiger partial charge in [-0.05, 0) is 31.2 Å². The van der Waals surface area contributed by atoms with Crippen LogP contribution < -0.4 is 0 Å². The van der Waals surface area contributed by atoms with Crippen molar-refractivity contribution >= 4 is 46.5 Å². The zero-order valence-electron chi connectivity index (χ0n) is 13.0. The number of imide groups is 1. The van der Waals surface area contributed by atoms with Crippen LogP contribution in [0.25, 0.3) is 0 Å². The second-order valence-electron chi connectivity index (χ2n) is 5.34. The second-order valence-corrected chi connectivity index (χ2v) is 7.05. The van der Waals surface area contributed by atoms with Gasteiger partial charge in [0.05, 0.1) is 20.3 Å². The number of halogens is 1. The SMILES string of the molecule is C[C@H](C(=O)OCC(=O)c1ccc(Cl)s1)N1C(=O)c2ccccc2C1=O. The van der Waals surface area contributed by atoms with Crippen LogP contribution in [0.1, 0.15) is 37.3 Å². The summed E-state index contributed by atoms with van der Waals surface area (Å²) in [6.07, 6.45) is 0. The molecule has 1 aromatic carbocycles. The van der Waals surface area contributed by atoms with Crippen molar-refractivity contribution in [3.05, 3.63) is 56.7 Å². The molecule has 0 N–H and O–H groups in total. The van der Waals surface area contributed by atoms with Crippen molar-refractivity contribution in [2.75, 3.05) is 6.61 Å². The van der Waals surface area contributed by atoms with Gasteiger partial charge < -0.3 is 4.74 Å². The van der Waals surface area contributed by atoms with E-state index in [1.165, 1.54) is 25.1 Å². The Hall–Kier alpha value is -2.51. The molecule has 25 heavy (non-hydrogen) atoms. The Balaban J connectivity index is 1.66. The summed E-state index contributed by atoms with van der Waals surface area (Å²) in [6, 6.07) is 8.31. The Kier molecular flexibility index (Phi) is 4.69. The third-order valence-electron chi connectivity index (χ3n) is 3.75. The van der Waals surface area contributed by atoms with Gasteiger partial charge >= 0.3 is 5.97 Å². The molecule has 0 aliphatic carbocycles. The first-order valence-corrected chi connectivity index (χ1v) is 8.51. The number of fused-ring (bicyclic) bond motifs is 1. The molecule has 0 saturated carbocycles. The monoisotopic (exact) mass is 377 g/mol. The summed E-state index contributed by atoms with van der Waals surface area (Å²) in [5, 5.41) is 0. The molecule has 1 aliphatic rings. The Morgan fingerprint density at radius 1 is 1.12 bits per heavy atom. The maximum absolute atomic E-state index is 12.3. The summed E-state index contributed by atoms with van der Waals surface area (Å²) in [5.41, 5.74) is 0.493. The summed E-state index contributed by atoms with van der Waals surface area (Å²) >= 11 is 6.84. The molecule has 2 heterocycles. The highest BCUT2D eigenvalue weighted by Gasteiger charge is 2.41. The summed E-state index contributed by atoms with van der Waals surface area (Å²) in [7, 11) is 0. The quantitative estimate of drug-likeness (QED) is 0.454. The number of carbonyl (C=O) groups is 4. The van der Waals surface area contributed by atoms with E-state index < -0.39 is 36.2 Å². The Labute approximate surface area is 152 Å². The molecule has 0 bridgehead atoms. The number of amides is 2. The Morgan fingerprint density at radius 2 is 1.72 bits per heavy atom. The van der Waals surface area contributed by atoms with Crippen molar-refractivity contribution in [2.24, 2.45) is 0 Å². The van der Waals surface area contributed by atoms with Gasteiger partial charge in [-0.15, -0.1) is 11.3 Å². The largest absolute Gasteiger partial charge is 0.456 e. The summed E-state index contributed by atoms with van der Waals surface area (Å²) < 4.78 is 5.42. The predicted molar refractivity (Wildman–Crippen MR) is 91.0 cm³/mol. The highest BCUT2D eigenvalue weighted by atomic mass is 35.5. The minimum atomic E-state index is -1.13. The molecule has 0 fully saturated rings. The van der Waals surface area contributed by atoms with E-state index in [9.17, 15) is 19.2 Å². The molecule has 2 amide bonds. The Morgan fingerprint density at radius 3 is 2.24 bits per heavy atom. The number of rotatable bonds is 5. The van der Waals surface area contributed by atoms with E-state index in [1.54, 1.807) is 18.2 Å². The van der Waals surface area contributed by atoms with E-state index in [4.69, 9.17) is 16.3 Å². The molecule has 128 valence electrons. The molecule has 0 spiro atoms. The molecule has 1 aliphatic heterocycles. The number of benzene rings is 1. The number of hydrogen-bond acceptors (Lipinski definition) is 6. The van der Waals surface area contributed by atoms with Gasteiger partial charge in [-0.3, -0.25) is 19.3 Å². The molecule has 0 unspecified atom stereocenters. The van der Waals surface area contributed by atoms with Crippen LogP contribution in [-0.2, 0) is 9.53 Å². The molecule has 1 aromatic heterocycles. The van der Waals surface area contributed by atoms with Gasteiger partial charge in [-0.2, -0.15) is 0 Å². The smallest absolute Gasteiger partial charge is 0.329 e. The van der Waals surface area contributed by atoms with Crippen LogP contribution in [0.2, 0.25) is 4.34 Å². The molecule has 0 radical (unpaired) electrons. The minimum Gasteiger partial charge on any atom is -0.456 e. The maximum atomic E-state index is 12.3. The van der Waals surface area contributed by atoms with Crippen LogP contribution in [0.3, 0.4) is 0 Å². The molecular formula is C17H12ClNO5S. The van der Waals surface area contributed by atoms with Crippen LogP contribution in [0.5, 0.6) is 0 Å². The van der Waals surface area contributed by atoms with Crippen molar-refractivity contribution in [1.29, 1.82) is 0 Å². The standard InChI is InChI=1S/C17H12ClNO5S/c1-9(17(23)24-8-12(20)13-6-7-14(18)25-13)19-15(21)10-4-2-3-5-11(10)16(19)22/h2-7,9H,8H2,1H3/t9-/m1/s1. The molecule has 2 aromatic rings. The summed E-state index contributed by atoms with van der Waals surface area (Å²) in [4.78, 5) is 50.0. The molecule has 1 atom stereocenters. The lowest BCUT2D eigenvalue weighted by molar-refractivity contribution is -0.146. The molecule has 6 nitrogen and oxygen atoms in total. The van der Waals surface area contributed by atoms with Crippen molar-refractivity contribution < 1.29 is 23.9 Å². The number of nitrogens with zero attached hydrogens (tertiary/aromatic N) is 1. The minimum absolute atomic E-state index is 0.247. The van der Waals surface area contributed by atoms with Gasteiger partial charge in [0.2, 0.25) is 5.78 Å². The first-order chi connectivity index (χ1) is 11.9. The third-order valence-corrected chi connectivity index (χ3v) is 5.02. The second kappa shape index (κ2) is 6.78. The first kappa shape index (κ1) is 17.3. The number of thiophene rings is 1. The lowest BCUT2D eigenvalue weighted by Gasteiger charge is -2.20. The van der Waals surface area contributed by atoms with Gasteiger partial charge in [0.25, 0.3) is 11.8 Å². The van der Waals surface area contributed by atoms with Crippen LogP contribution >= 0.6 is 22.9 Å². The lowest BCUT2D eigenvalue weighted by atomic mass is 10.1. The number of Topliss-reactive ketones (excluding diaryl/α,β-unsaturated/α-hetero) is 1. The fraction of sp³-hybridized carbons (Fsp3) is 0.176. The average molecular weight is 378 g/mol. The Bertz CT molecular complexity index is 856. The molecule has 0 saturated heterocycles. The molecule has 3 rings (SSSR count). The number of carbonyl (C=O) groups excluding carboxylic acids is 4. The van der Waals surface area contributed by atoms with Crippen LogP contribution in [0.4, 0.5) is 0 Å². The van der Waals surface area contributed by atoms with E-state index >= 15 is 0 Å². The highest BCUT2D eigenvalue weighted by molar-refractivity contribution is 7.18. The van der Waals surface area contributed by atoms with Gasteiger partial charge in [-0.1, -0.05) is 23.7 Å². The van der Waals surface area contributed by atoms with Gasteiger partial charge in [0.1, 0.15) is 6.04 Å². The van der Waals surface area contributed by atoms with Gasteiger partial charge in [0, 0.05) is 0 Å². The normalized spacial score (nSPS) is 14.4. The highest BCUT2D eigenvalue weighted by Crippen LogP contribution is 2.25. The van der Waals surface area contributed by atoms with E-state index in [2.05, 4.69) is 0 Å². The van der Waals surface area contributed by atoms with Crippen LogP contribution in [0, 0.1) is 0 Å². The average Bonchev–Trinajstić information content (AvgIpc) is 3.15. The zero-order valence-corrected chi connectivity index (χ0v) is 14.6. The maximum Gasteiger partial charge on any atom is 0.329 e. The van der Waals surface area contributed by atoms with Crippen molar-refractivity contribution in [1.82, 2.24) is 4.90 Å². The van der Waals surface area contributed by atoms with Crippen molar-refractivity contribution in [3.8, 4) is 0 Å². The number of hydrogen-bond donors (Lipinski definition) is 0. The topological polar surface area (TPSA) is 80.8 Å². The third kappa shape index (κ3) is 3.20. The summed E-state index contributed by atoms with van der Waals surface area (Å²) in [5.74, 6) is -2.34.